The average molecular weight is 370 g/mol. The lowest BCUT2D eigenvalue weighted by atomic mass is 9.80. The van der Waals surface area contributed by atoms with Gasteiger partial charge in [0.05, 0.1) is 12.7 Å². The number of aromatic nitrogens is 2. The maximum absolute atomic E-state index is 12.1. The first kappa shape index (κ1) is 18.8. The van der Waals surface area contributed by atoms with Crippen LogP contribution in [0.2, 0.25) is 0 Å². The summed E-state index contributed by atoms with van der Waals surface area (Å²) in [5.41, 5.74) is 1.40. The Labute approximate surface area is 149 Å². The first-order chi connectivity index (χ1) is 12.4. The van der Waals surface area contributed by atoms with Crippen LogP contribution in [0.25, 0.3) is 11.4 Å². The zero-order valence-corrected chi connectivity index (χ0v) is 14.5. The second-order valence-electron chi connectivity index (χ2n) is 6.44. The molecule has 8 heteroatoms. The number of nitrogens with zero attached hydrogens (tertiary/aromatic N) is 2. The van der Waals surface area contributed by atoms with Crippen LogP contribution in [0.15, 0.2) is 28.8 Å². The van der Waals surface area contributed by atoms with E-state index < -0.39 is 12.8 Å². The van der Waals surface area contributed by atoms with Crippen LogP contribution in [0.4, 0.5) is 13.2 Å². The van der Waals surface area contributed by atoms with Crippen molar-refractivity contribution in [3.8, 4) is 11.4 Å². The van der Waals surface area contributed by atoms with Gasteiger partial charge in [0.25, 0.3) is 0 Å². The quantitative estimate of drug-likeness (QED) is 0.698. The van der Waals surface area contributed by atoms with Gasteiger partial charge in [0, 0.05) is 18.6 Å². The van der Waals surface area contributed by atoms with E-state index in [0.29, 0.717) is 29.3 Å². The molecule has 2 aromatic rings. The smallest absolute Gasteiger partial charge is 0.378 e. The SMILES string of the molecule is CCOC1CC(Cc2nc(-c3ccc(COCC(F)(F)F)cc3)no2)C1. The number of halogens is 3. The fourth-order valence-corrected chi connectivity index (χ4v) is 2.95. The molecule has 0 spiro atoms. The van der Waals surface area contributed by atoms with E-state index in [4.69, 9.17) is 9.26 Å². The highest BCUT2D eigenvalue weighted by atomic mass is 19.4. The molecule has 1 heterocycles. The molecule has 0 atom stereocenters. The van der Waals surface area contributed by atoms with Gasteiger partial charge in [-0.3, -0.25) is 0 Å². The van der Waals surface area contributed by atoms with Gasteiger partial charge < -0.3 is 14.0 Å². The third-order valence-electron chi connectivity index (χ3n) is 4.27. The Morgan fingerprint density at radius 3 is 2.58 bits per heavy atom. The van der Waals surface area contributed by atoms with Crippen LogP contribution in [-0.2, 0) is 22.5 Å². The molecule has 3 rings (SSSR count). The van der Waals surface area contributed by atoms with Gasteiger partial charge in [-0.2, -0.15) is 18.2 Å². The molecule has 0 N–H and O–H groups in total. The van der Waals surface area contributed by atoms with Crippen LogP contribution < -0.4 is 0 Å². The summed E-state index contributed by atoms with van der Waals surface area (Å²) >= 11 is 0. The van der Waals surface area contributed by atoms with Crippen molar-refractivity contribution in [1.29, 1.82) is 0 Å². The zero-order chi connectivity index (χ0) is 18.6. The lowest BCUT2D eigenvalue weighted by Crippen LogP contribution is -2.32. The summed E-state index contributed by atoms with van der Waals surface area (Å²) in [5, 5.41) is 3.98. The Kier molecular flexibility index (Phi) is 5.93. The molecule has 0 bridgehead atoms. The maximum Gasteiger partial charge on any atom is 0.411 e. The normalized spacial score (nSPS) is 20.2. The lowest BCUT2D eigenvalue weighted by Gasteiger charge is -2.33. The molecule has 1 saturated carbocycles. The van der Waals surface area contributed by atoms with Crippen molar-refractivity contribution in [2.45, 2.75) is 45.1 Å². The van der Waals surface area contributed by atoms with Crippen molar-refractivity contribution in [1.82, 2.24) is 10.1 Å². The van der Waals surface area contributed by atoms with Gasteiger partial charge >= 0.3 is 6.18 Å². The topological polar surface area (TPSA) is 57.4 Å². The highest BCUT2D eigenvalue weighted by Gasteiger charge is 2.31. The summed E-state index contributed by atoms with van der Waals surface area (Å²) in [4.78, 5) is 4.40. The second-order valence-corrected chi connectivity index (χ2v) is 6.44. The minimum atomic E-state index is -4.32. The standard InChI is InChI=1S/C18H21F3N2O3/c1-2-25-15-7-13(8-15)9-16-22-17(23-26-16)14-5-3-12(4-6-14)10-24-11-18(19,20)21/h3-6,13,15H,2,7-11H2,1H3. The molecule has 1 aromatic carbocycles. The van der Waals surface area contributed by atoms with Crippen molar-refractivity contribution in [2.24, 2.45) is 5.92 Å². The molecule has 1 aliphatic rings. The number of hydrogen-bond acceptors (Lipinski definition) is 5. The molecule has 5 nitrogen and oxygen atoms in total. The van der Waals surface area contributed by atoms with E-state index in [1.54, 1.807) is 24.3 Å². The summed E-state index contributed by atoms with van der Waals surface area (Å²) in [7, 11) is 0. The monoisotopic (exact) mass is 370 g/mol. The first-order valence-corrected chi connectivity index (χ1v) is 8.61. The van der Waals surface area contributed by atoms with E-state index in [0.717, 1.165) is 31.4 Å². The molecular weight excluding hydrogens is 349 g/mol. The highest BCUT2D eigenvalue weighted by molar-refractivity contribution is 5.54. The van der Waals surface area contributed by atoms with Crippen LogP contribution in [0.3, 0.4) is 0 Å². The third-order valence-corrected chi connectivity index (χ3v) is 4.27. The molecule has 0 amide bonds. The van der Waals surface area contributed by atoms with E-state index in [1.807, 2.05) is 6.92 Å². The fraction of sp³-hybridized carbons (Fsp3) is 0.556. The predicted molar refractivity (Wildman–Crippen MR) is 87.3 cm³/mol. The van der Waals surface area contributed by atoms with Crippen LogP contribution in [0.1, 0.15) is 31.2 Å². The Balaban J connectivity index is 1.49. The van der Waals surface area contributed by atoms with E-state index in [-0.39, 0.29) is 6.61 Å². The molecule has 1 aliphatic carbocycles. The average Bonchev–Trinajstić information content (AvgIpc) is 3.01. The number of hydrogen-bond donors (Lipinski definition) is 0. The third kappa shape index (κ3) is 5.28. The molecule has 1 aromatic heterocycles. The van der Waals surface area contributed by atoms with E-state index in [1.165, 1.54) is 0 Å². The maximum atomic E-state index is 12.1. The zero-order valence-electron chi connectivity index (χ0n) is 14.5. The van der Waals surface area contributed by atoms with Crippen molar-refractivity contribution in [3.63, 3.8) is 0 Å². The Hall–Kier alpha value is -1.93. The Morgan fingerprint density at radius 2 is 1.92 bits per heavy atom. The van der Waals surface area contributed by atoms with Gasteiger partial charge in [0.1, 0.15) is 6.61 Å². The lowest BCUT2D eigenvalue weighted by molar-refractivity contribution is -0.176. The minimum absolute atomic E-state index is 0.0973. The van der Waals surface area contributed by atoms with Crippen molar-refractivity contribution < 1.29 is 27.2 Å². The minimum Gasteiger partial charge on any atom is -0.378 e. The van der Waals surface area contributed by atoms with Gasteiger partial charge in [-0.05, 0) is 31.2 Å². The van der Waals surface area contributed by atoms with Crippen LogP contribution in [-0.4, -0.2) is 35.6 Å². The molecule has 142 valence electrons. The molecule has 0 radical (unpaired) electrons. The van der Waals surface area contributed by atoms with Crippen LogP contribution in [0.5, 0.6) is 0 Å². The Morgan fingerprint density at radius 1 is 1.19 bits per heavy atom. The summed E-state index contributed by atoms with van der Waals surface area (Å²) in [6.07, 6.45) is -1.21. The van der Waals surface area contributed by atoms with E-state index in [9.17, 15) is 13.2 Å². The van der Waals surface area contributed by atoms with E-state index in [2.05, 4.69) is 14.9 Å². The van der Waals surface area contributed by atoms with Crippen molar-refractivity contribution in [2.75, 3.05) is 13.2 Å². The highest BCUT2D eigenvalue weighted by Crippen LogP contribution is 2.32. The van der Waals surface area contributed by atoms with Gasteiger partial charge in [0.15, 0.2) is 0 Å². The van der Waals surface area contributed by atoms with Crippen molar-refractivity contribution in [3.05, 3.63) is 35.7 Å². The van der Waals surface area contributed by atoms with Crippen LogP contribution >= 0.6 is 0 Å². The van der Waals surface area contributed by atoms with Gasteiger partial charge in [0.2, 0.25) is 11.7 Å². The first-order valence-electron chi connectivity index (χ1n) is 8.61. The predicted octanol–water partition coefficient (Wildman–Crippen LogP) is 4.17. The molecule has 0 saturated heterocycles. The molecule has 0 unspecified atom stereocenters. The summed E-state index contributed by atoms with van der Waals surface area (Å²) in [5.74, 6) is 1.58. The second kappa shape index (κ2) is 8.18. The number of alkyl halides is 3. The van der Waals surface area contributed by atoms with Crippen molar-refractivity contribution >= 4 is 0 Å². The summed E-state index contributed by atoms with van der Waals surface area (Å²) in [6, 6.07) is 6.88. The molecular formula is C18H21F3N2O3. The molecule has 26 heavy (non-hydrogen) atoms. The summed E-state index contributed by atoms with van der Waals surface area (Å²) in [6.45, 7) is 1.37. The number of ether oxygens (including phenoxy) is 2. The molecule has 0 aliphatic heterocycles. The number of rotatable bonds is 8. The largest absolute Gasteiger partial charge is 0.411 e. The fourth-order valence-electron chi connectivity index (χ4n) is 2.95. The van der Waals surface area contributed by atoms with Gasteiger partial charge in [-0.25, -0.2) is 0 Å². The number of benzene rings is 1. The Bertz CT molecular complexity index is 694. The summed E-state index contributed by atoms with van der Waals surface area (Å²) < 4.78 is 51.7. The van der Waals surface area contributed by atoms with Gasteiger partial charge in [-0.15, -0.1) is 0 Å². The van der Waals surface area contributed by atoms with Crippen LogP contribution in [0, 0.1) is 5.92 Å². The van der Waals surface area contributed by atoms with Gasteiger partial charge in [-0.1, -0.05) is 29.4 Å². The molecule has 1 fully saturated rings. The van der Waals surface area contributed by atoms with E-state index >= 15 is 0 Å².